The van der Waals surface area contributed by atoms with Gasteiger partial charge in [0.15, 0.2) is 0 Å². The second-order valence-corrected chi connectivity index (χ2v) is 9.63. The molecule has 0 atom stereocenters. The number of likely N-dealkylation sites (tertiary alicyclic amines) is 1. The van der Waals surface area contributed by atoms with Crippen LogP contribution in [0.15, 0.2) is 24.3 Å². The Morgan fingerprint density at radius 2 is 1.84 bits per heavy atom. The fourth-order valence-corrected chi connectivity index (χ4v) is 5.52. The number of carbonyl (C=O) groups excluding carboxylic acids is 1. The fourth-order valence-electron chi connectivity index (χ4n) is 5.52. The van der Waals surface area contributed by atoms with E-state index in [-0.39, 0.29) is 11.8 Å². The SMILES string of the molecule is CC(C)c1ccccc1CC1CC2(C1)CN(C(=O)[C@H]1C[C@@](C)(O)C1)C2. The molecule has 0 radical (unpaired) electrons. The van der Waals surface area contributed by atoms with Crippen LogP contribution >= 0.6 is 0 Å². The third-order valence-electron chi connectivity index (χ3n) is 6.71. The Morgan fingerprint density at radius 1 is 1.20 bits per heavy atom. The Morgan fingerprint density at radius 3 is 2.44 bits per heavy atom. The van der Waals surface area contributed by atoms with Crippen LogP contribution in [-0.4, -0.2) is 34.6 Å². The van der Waals surface area contributed by atoms with Crippen LogP contribution < -0.4 is 0 Å². The molecule has 2 saturated carbocycles. The number of amides is 1. The molecule has 0 bridgehead atoms. The normalized spacial score (nSPS) is 30.8. The van der Waals surface area contributed by atoms with Crippen molar-refractivity contribution in [3.63, 3.8) is 0 Å². The van der Waals surface area contributed by atoms with E-state index in [2.05, 4.69) is 38.1 Å². The average Bonchev–Trinajstić information content (AvgIpc) is 2.45. The molecule has 0 unspecified atom stereocenters. The van der Waals surface area contributed by atoms with E-state index in [1.54, 1.807) is 0 Å². The second kappa shape index (κ2) is 5.84. The molecule has 25 heavy (non-hydrogen) atoms. The Balaban J connectivity index is 1.26. The lowest BCUT2D eigenvalue weighted by Crippen LogP contribution is -2.66. The number of aliphatic hydroxyl groups is 1. The summed E-state index contributed by atoms with van der Waals surface area (Å²) >= 11 is 0. The summed E-state index contributed by atoms with van der Waals surface area (Å²) in [6.07, 6.45) is 5.01. The summed E-state index contributed by atoms with van der Waals surface area (Å²) in [6, 6.07) is 8.87. The summed E-state index contributed by atoms with van der Waals surface area (Å²) in [6.45, 7) is 8.28. The first kappa shape index (κ1) is 17.1. The lowest BCUT2D eigenvalue weighted by atomic mass is 9.56. The first-order valence-electron chi connectivity index (χ1n) is 9.86. The summed E-state index contributed by atoms with van der Waals surface area (Å²) in [4.78, 5) is 14.5. The molecular weight excluding hydrogens is 310 g/mol. The van der Waals surface area contributed by atoms with Gasteiger partial charge in [-0.05, 0) is 62.0 Å². The lowest BCUT2D eigenvalue weighted by molar-refractivity contribution is -0.171. The highest BCUT2D eigenvalue weighted by Gasteiger charge is 2.55. The van der Waals surface area contributed by atoms with Crippen LogP contribution in [0, 0.1) is 17.3 Å². The zero-order valence-corrected chi connectivity index (χ0v) is 15.8. The number of carbonyl (C=O) groups is 1. The van der Waals surface area contributed by atoms with E-state index in [0.29, 0.717) is 24.2 Å². The van der Waals surface area contributed by atoms with Crippen molar-refractivity contribution in [3.8, 4) is 0 Å². The van der Waals surface area contributed by atoms with Crippen LogP contribution in [0.1, 0.15) is 63.5 Å². The first-order chi connectivity index (χ1) is 11.8. The third-order valence-corrected chi connectivity index (χ3v) is 6.71. The molecule has 1 amide bonds. The summed E-state index contributed by atoms with van der Waals surface area (Å²) in [5, 5.41) is 9.83. The molecule has 1 aromatic rings. The minimum atomic E-state index is -0.603. The molecule has 1 N–H and O–H groups in total. The molecule has 1 saturated heterocycles. The van der Waals surface area contributed by atoms with E-state index in [0.717, 1.165) is 19.0 Å². The lowest BCUT2D eigenvalue weighted by Gasteiger charge is -2.60. The van der Waals surface area contributed by atoms with E-state index in [1.807, 2.05) is 11.8 Å². The van der Waals surface area contributed by atoms with Gasteiger partial charge in [0.1, 0.15) is 0 Å². The van der Waals surface area contributed by atoms with E-state index in [4.69, 9.17) is 0 Å². The quantitative estimate of drug-likeness (QED) is 0.906. The predicted octanol–water partition coefficient (Wildman–Crippen LogP) is 3.75. The molecule has 3 heteroatoms. The molecule has 1 aliphatic heterocycles. The van der Waals surface area contributed by atoms with Gasteiger partial charge in [0.25, 0.3) is 0 Å². The molecule has 1 aromatic carbocycles. The van der Waals surface area contributed by atoms with Crippen molar-refractivity contribution in [3.05, 3.63) is 35.4 Å². The van der Waals surface area contributed by atoms with Gasteiger partial charge < -0.3 is 10.0 Å². The number of rotatable bonds is 4. The zero-order valence-electron chi connectivity index (χ0n) is 15.8. The fraction of sp³-hybridized carbons (Fsp3) is 0.682. The first-order valence-corrected chi connectivity index (χ1v) is 9.86. The smallest absolute Gasteiger partial charge is 0.225 e. The Hall–Kier alpha value is -1.35. The Bertz CT molecular complexity index is 656. The number of benzene rings is 1. The third kappa shape index (κ3) is 3.12. The summed E-state index contributed by atoms with van der Waals surface area (Å²) in [5.74, 6) is 1.72. The van der Waals surface area contributed by atoms with Crippen LogP contribution in [0.2, 0.25) is 0 Å². The Labute approximate surface area is 151 Å². The van der Waals surface area contributed by atoms with Gasteiger partial charge in [-0.15, -0.1) is 0 Å². The molecule has 136 valence electrons. The van der Waals surface area contributed by atoms with Gasteiger partial charge in [0, 0.05) is 24.4 Å². The van der Waals surface area contributed by atoms with Crippen LogP contribution in [0.4, 0.5) is 0 Å². The van der Waals surface area contributed by atoms with E-state index < -0.39 is 5.60 Å². The number of hydrogen-bond acceptors (Lipinski definition) is 2. The van der Waals surface area contributed by atoms with Crippen molar-refractivity contribution >= 4 is 5.91 Å². The topological polar surface area (TPSA) is 40.5 Å². The van der Waals surface area contributed by atoms with Gasteiger partial charge in [-0.2, -0.15) is 0 Å². The van der Waals surface area contributed by atoms with Gasteiger partial charge in [0.2, 0.25) is 5.91 Å². The largest absolute Gasteiger partial charge is 0.390 e. The van der Waals surface area contributed by atoms with Crippen molar-refractivity contribution in [2.75, 3.05) is 13.1 Å². The summed E-state index contributed by atoms with van der Waals surface area (Å²) < 4.78 is 0. The van der Waals surface area contributed by atoms with Crippen molar-refractivity contribution in [2.24, 2.45) is 17.3 Å². The minimum Gasteiger partial charge on any atom is -0.390 e. The van der Waals surface area contributed by atoms with Gasteiger partial charge in [-0.1, -0.05) is 38.1 Å². The maximum atomic E-state index is 12.4. The van der Waals surface area contributed by atoms with Gasteiger partial charge in [0.05, 0.1) is 5.60 Å². The highest BCUT2D eigenvalue weighted by molar-refractivity contribution is 5.81. The van der Waals surface area contributed by atoms with E-state index in [1.165, 1.54) is 30.4 Å². The van der Waals surface area contributed by atoms with E-state index >= 15 is 0 Å². The van der Waals surface area contributed by atoms with Crippen LogP contribution in [0.3, 0.4) is 0 Å². The second-order valence-electron chi connectivity index (χ2n) is 9.63. The maximum Gasteiger partial charge on any atom is 0.225 e. The number of hydrogen-bond donors (Lipinski definition) is 1. The van der Waals surface area contributed by atoms with Gasteiger partial charge in [-0.3, -0.25) is 4.79 Å². The van der Waals surface area contributed by atoms with Gasteiger partial charge in [-0.25, -0.2) is 0 Å². The molecule has 4 rings (SSSR count). The molecule has 2 aliphatic carbocycles. The van der Waals surface area contributed by atoms with Crippen LogP contribution in [0.25, 0.3) is 0 Å². The summed E-state index contributed by atoms with van der Waals surface area (Å²) in [5.41, 5.74) is 2.82. The predicted molar refractivity (Wildman–Crippen MR) is 99.3 cm³/mol. The highest BCUT2D eigenvalue weighted by Crippen LogP contribution is 2.54. The zero-order chi connectivity index (χ0) is 17.8. The highest BCUT2D eigenvalue weighted by atomic mass is 16.3. The molecular formula is C22H31NO2. The minimum absolute atomic E-state index is 0.0705. The van der Waals surface area contributed by atoms with Gasteiger partial charge >= 0.3 is 0 Å². The molecule has 1 heterocycles. The van der Waals surface area contributed by atoms with Crippen molar-refractivity contribution in [1.29, 1.82) is 0 Å². The Kier molecular flexibility index (Phi) is 3.99. The van der Waals surface area contributed by atoms with Crippen LogP contribution in [0.5, 0.6) is 0 Å². The summed E-state index contributed by atoms with van der Waals surface area (Å²) in [7, 11) is 0. The standard InChI is InChI=1S/C22H31NO2/c1-15(2)19-7-5-4-6-17(19)8-16-9-22(10-16)13-23(14-22)20(24)18-11-21(3,25)12-18/h4-7,15-16,18,25H,8-14H2,1-3H3/t18-,21+. The van der Waals surface area contributed by atoms with E-state index in [9.17, 15) is 9.90 Å². The molecule has 0 aromatic heterocycles. The van der Waals surface area contributed by atoms with Crippen molar-refractivity contribution in [1.82, 2.24) is 4.90 Å². The molecule has 1 spiro atoms. The van der Waals surface area contributed by atoms with Crippen LogP contribution in [-0.2, 0) is 11.2 Å². The van der Waals surface area contributed by atoms with Crippen molar-refractivity contribution < 1.29 is 9.90 Å². The maximum absolute atomic E-state index is 12.4. The monoisotopic (exact) mass is 341 g/mol. The molecule has 3 fully saturated rings. The molecule has 3 nitrogen and oxygen atoms in total. The molecule has 3 aliphatic rings. The number of nitrogens with zero attached hydrogens (tertiary/aromatic N) is 1. The average molecular weight is 341 g/mol. The van der Waals surface area contributed by atoms with Crippen molar-refractivity contribution in [2.45, 2.75) is 64.4 Å².